The Morgan fingerprint density at radius 2 is 1.78 bits per heavy atom. The van der Waals surface area contributed by atoms with Crippen molar-refractivity contribution in [3.8, 4) is 5.75 Å². The molecule has 1 aliphatic heterocycles. The number of hydrogen-bond acceptors (Lipinski definition) is 4. The lowest BCUT2D eigenvalue weighted by Crippen LogP contribution is -2.35. The van der Waals surface area contributed by atoms with Gasteiger partial charge in [-0.3, -0.25) is 9.10 Å². The van der Waals surface area contributed by atoms with Gasteiger partial charge in [-0.2, -0.15) is 0 Å². The van der Waals surface area contributed by atoms with E-state index in [1.165, 1.54) is 4.31 Å². The summed E-state index contributed by atoms with van der Waals surface area (Å²) in [5, 5.41) is 4.71. The topological polar surface area (TPSA) is 75.7 Å². The van der Waals surface area contributed by atoms with Gasteiger partial charge >= 0.3 is 0 Å². The van der Waals surface area contributed by atoms with Gasteiger partial charge in [0.15, 0.2) is 0 Å². The molecule has 0 fully saturated rings. The van der Waals surface area contributed by atoms with E-state index in [2.05, 4.69) is 5.32 Å². The molecule has 1 aliphatic rings. The summed E-state index contributed by atoms with van der Waals surface area (Å²) < 4.78 is 34.2. The van der Waals surface area contributed by atoms with Crippen LogP contribution in [0.2, 0.25) is 0 Å². The van der Waals surface area contributed by atoms with Crippen molar-refractivity contribution < 1.29 is 17.9 Å². The van der Waals surface area contributed by atoms with Gasteiger partial charge in [0.1, 0.15) is 5.75 Å². The highest BCUT2D eigenvalue weighted by atomic mass is 32.2. The van der Waals surface area contributed by atoms with Crippen molar-refractivity contribution in [3.05, 3.63) is 95.6 Å². The highest BCUT2D eigenvalue weighted by Crippen LogP contribution is 2.35. The van der Waals surface area contributed by atoms with Crippen LogP contribution in [0.5, 0.6) is 5.75 Å². The van der Waals surface area contributed by atoms with Crippen molar-refractivity contribution in [1.29, 1.82) is 0 Å². The summed E-state index contributed by atoms with van der Waals surface area (Å²) in [5.74, 6) is 0.203. The molecule has 0 radical (unpaired) electrons. The van der Waals surface area contributed by atoms with E-state index in [-0.39, 0.29) is 10.8 Å². The Labute approximate surface area is 211 Å². The van der Waals surface area contributed by atoms with Gasteiger partial charge in [0.25, 0.3) is 15.9 Å². The minimum atomic E-state index is -3.73. The number of fused-ring (bicyclic) bond motifs is 2. The Morgan fingerprint density at radius 1 is 1.00 bits per heavy atom. The SMILES string of the molecule is CCOc1ccc2ccccc2c1C(=O)Nc1ccc2c(c1)N(S(=O)(=O)c1ccc(C)cc1)CCC2. The second kappa shape index (κ2) is 9.66. The van der Waals surface area contributed by atoms with Crippen molar-refractivity contribution in [2.24, 2.45) is 0 Å². The molecule has 0 spiro atoms. The third-order valence-electron chi connectivity index (χ3n) is 6.45. The van der Waals surface area contributed by atoms with Gasteiger partial charge in [-0.25, -0.2) is 8.42 Å². The first-order valence-corrected chi connectivity index (χ1v) is 13.5. The first kappa shape index (κ1) is 23.9. The minimum absolute atomic E-state index is 0.257. The fourth-order valence-corrected chi connectivity index (χ4v) is 6.19. The fraction of sp³-hybridized carbons (Fsp3) is 0.207. The third-order valence-corrected chi connectivity index (χ3v) is 8.27. The van der Waals surface area contributed by atoms with Gasteiger partial charge in [0.05, 0.1) is 22.8 Å². The van der Waals surface area contributed by atoms with E-state index < -0.39 is 10.0 Å². The summed E-state index contributed by atoms with van der Waals surface area (Å²) in [4.78, 5) is 13.8. The van der Waals surface area contributed by atoms with Gasteiger partial charge in [0, 0.05) is 12.2 Å². The smallest absolute Gasteiger partial charge is 0.264 e. The Bertz CT molecular complexity index is 1550. The zero-order chi connectivity index (χ0) is 25.3. The number of rotatable bonds is 6. The maximum Gasteiger partial charge on any atom is 0.264 e. The van der Waals surface area contributed by atoms with E-state index in [4.69, 9.17) is 4.74 Å². The molecule has 0 bridgehead atoms. The summed E-state index contributed by atoms with van der Waals surface area (Å²) in [5.41, 5.74) is 3.52. The number of carbonyl (C=O) groups is 1. The first-order chi connectivity index (χ1) is 17.4. The lowest BCUT2D eigenvalue weighted by molar-refractivity contribution is 0.102. The van der Waals surface area contributed by atoms with E-state index in [1.54, 1.807) is 30.3 Å². The van der Waals surface area contributed by atoms with E-state index in [1.807, 2.05) is 62.4 Å². The Morgan fingerprint density at radius 3 is 2.56 bits per heavy atom. The molecule has 0 saturated carbocycles. The number of ether oxygens (including phenoxy) is 1. The molecule has 0 saturated heterocycles. The Hall–Kier alpha value is -3.84. The van der Waals surface area contributed by atoms with Crippen LogP contribution in [0.3, 0.4) is 0 Å². The summed E-state index contributed by atoms with van der Waals surface area (Å²) in [6.07, 6.45) is 1.51. The highest BCUT2D eigenvalue weighted by molar-refractivity contribution is 7.92. The summed E-state index contributed by atoms with van der Waals surface area (Å²) >= 11 is 0. The van der Waals surface area contributed by atoms with Gasteiger partial charge in [-0.05, 0) is 73.4 Å². The van der Waals surface area contributed by atoms with E-state index >= 15 is 0 Å². The maximum atomic E-state index is 13.5. The van der Waals surface area contributed by atoms with Crippen molar-refractivity contribution in [3.63, 3.8) is 0 Å². The van der Waals surface area contributed by atoms with Crippen molar-refractivity contribution in [1.82, 2.24) is 0 Å². The second-order valence-corrected chi connectivity index (χ2v) is 10.7. The van der Waals surface area contributed by atoms with Gasteiger partial charge in [-0.15, -0.1) is 0 Å². The van der Waals surface area contributed by atoms with Crippen molar-refractivity contribution in [2.45, 2.75) is 31.6 Å². The van der Waals surface area contributed by atoms with Gasteiger partial charge < -0.3 is 10.1 Å². The van der Waals surface area contributed by atoms with Crippen LogP contribution in [0.15, 0.2) is 83.8 Å². The molecule has 36 heavy (non-hydrogen) atoms. The Balaban J connectivity index is 1.51. The summed E-state index contributed by atoms with van der Waals surface area (Å²) in [6.45, 7) is 4.62. The van der Waals surface area contributed by atoms with Crippen LogP contribution < -0.4 is 14.4 Å². The monoisotopic (exact) mass is 500 g/mol. The lowest BCUT2D eigenvalue weighted by Gasteiger charge is -2.31. The van der Waals surface area contributed by atoms with Crippen LogP contribution in [-0.2, 0) is 16.4 Å². The molecule has 184 valence electrons. The van der Waals surface area contributed by atoms with Gasteiger partial charge in [-0.1, -0.05) is 54.1 Å². The number of benzene rings is 4. The van der Waals surface area contributed by atoms with E-state index in [0.29, 0.717) is 35.8 Å². The maximum absolute atomic E-state index is 13.5. The number of nitrogens with zero attached hydrogens (tertiary/aromatic N) is 1. The molecular formula is C29H28N2O4S. The number of amides is 1. The number of anilines is 2. The minimum Gasteiger partial charge on any atom is -0.493 e. The number of sulfonamides is 1. The van der Waals surface area contributed by atoms with Crippen LogP contribution >= 0.6 is 0 Å². The molecule has 0 aliphatic carbocycles. The predicted octanol–water partition coefficient (Wildman–Crippen LogP) is 5.94. The molecule has 6 nitrogen and oxygen atoms in total. The average molecular weight is 501 g/mol. The highest BCUT2D eigenvalue weighted by Gasteiger charge is 2.29. The molecule has 1 N–H and O–H groups in total. The lowest BCUT2D eigenvalue weighted by atomic mass is 10.0. The zero-order valence-corrected chi connectivity index (χ0v) is 21.1. The van der Waals surface area contributed by atoms with Gasteiger partial charge in [0.2, 0.25) is 0 Å². The molecule has 0 atom stereocenters. The molecule has 0 aromatic heterocycles. The Kier molecular flexibility index (Phi) is 6.41. The quantitative estimate of drug-likeness (QED) is 0.355. The van der Waals surface area contributed by atoms with Crippen LogP contribution in [0.4, 0.5) is 11.4 Å². The van der Waals surface area contributed by atoms with Crippen LogP contribution in [-0.4, -0.2) is 27.5 Å². The molecule has 4 aromatic rings. The van der Waals surface area contributed by atoms with Crippen molar-refractivity contribution >= 4 is 38.1 Å². The summed E-state index contributed by atoms with van der Waals surface area (Å²) in [6, 6.07) is 23.8. The third kappa shape index (κ3) is 4.42. The average Bonchev–Trinajstić information content (AvgIpc) is 2.88. The molecule has 1 heterocycles. The zero-order valence-electron chi connectivity index (χ0n) is 20.3. The molecular weight excluding hydrogens is 472 g/mol. The number of nitrogens with one attached hydrogen (secondary N) is 1. The molecule has 5 rings (SSSR count). The fourth-order valence-electron chi connectivity index (χ4n) is 4.66. The summed E-state index contributed by atoms with van der Waals surface area (Å²) in [7, 11) is -3.73. The molecule has 1 amide bonds. The molecule has 0 unspecified atom stereocenters. The normalized spacial score (nSPS) is 13.3. The predicted molar refractivity (Wildman–Crippen MR) is 144 cm³/mol. The van der Waals surface area contributed by atoms with E-state index in [0.717, 1.165) is 34.7 Å². The van der Waals surface area contributed by atoms with Crippen LogP contribution in [0.1, 0.15) is 34.8 Å². The number of aryl methyl sites for hydroxylation is 2. The first-order valence-electron chi connectivity index (χ1n) is 12.1. The number of carbonyl (C=O) groups excluding carboxylic acids is 1. The molecule has 4 aromatic carbocycles. The van der Waals surface area contributed by atoms with E-state index in [9.17, 15) is 13.2 Å². The second-order valence-electron chi connectivity index (χ2n) is 8.88. The molecule has 7 heteroatoms. The van der Waals surface area contributed by atoms with Crippen LogP contribution in [0, 0.1) is 6.92 Å². The standard InChI is InChI=1S/C29H28N2O4S/c1-3-35-27-17-13-21-7-4-5-9-25(21)28(27)29(32)30-23-14-12-22-8-6-18-31(26(22)19-23)36(33,34)24-15-10-20(2)11-16-24/h4-5,7,9-17,19H,3,6,8,18H2,1-2H3,(H,30,32). The van der Waals surface area contributed by atoms with Crippen molar-refractivity contribution in [2.75, 3.05) is 22.8 Å². The largest absolute Gasteiger partial charge is 0.493 e. The number of hydrogen-bond donors (Lipinski definition) is 1. The van der Waals surface area contributed by atoms with Crippen LogP contribution in [0.25, 0.3) is 10.8 Å².